The van der Waals surface area contributed by atoms with E-state index in [1.54, 1.807) is 0 Å². The van der Waals surface area contributed by atoms with Crippen molar-refractivity contribution in [1.29, 1.82) is 0 Å². The van der Waals surface area contributed by atoms with Gasteiger partial charge in [-0.1, -0.05) is 0 Å². The molecule has 2 aromatic rings. The van der Waals surface area contributed by atoms with Crippen LogP contribution in [0.1, 0.15) is 20.7 Å². The average Bonchev–Trinajstić information content (AvgIpc) is 2.36. The Hall–Kier alpha value is -3.22. The van der Waals surface area contributed by atoms with Crippen LogP contribution in [0.3, 0.4) is 0 Å². The molecule has 7 heteroatoms. The number of carbonyl (C=O) groups excluding carboxylic acids is 2. The summed E-state index contributed by atoms with van der Waals surface area (Å²) in [7, 11) is 0. The molecule has 21 heavy (non-hydrogen) atoms. The fourth-order valence-electron chi connectivity index (χ4n) is 1.79. The van der Waals surface area contributed by atoms with E-state index in [-0.39, 0.29) is 11.1 Å². The Morgan fingerprint density at radius 1 is 0.619 bits per heavy atom. The van der Waals surface area contributed by atoms with Gasteiger partial charge in [0.2, 0.25) is 0 Å². The van der Waals surface area contributed by atoms with Crippen molar-refractivity contribution < 1.29 is 14.3 Å². The normalized spacial score (nSPS) is 10.1. The number of nitrogen functional groups attached to an aromatic ring is 4. The van der Waals surface area contributed by atoms with Crippen LogP contribution in [0.15, 0.2) is 36.4 Å². The number of nitrogens with two attached hydrogens (primary N) is 4. The number of anilines is 4. The van der Waals surface area contributed by atoms with Crippen molar-refractivity contribution in [2.24, 2.45) is 0 Å². The minimum atomic E-state index is -0.861. The molecular weight excluding hydrogens is 272 g/mol. The second kappa shape index (κ2) is 5.41. The van der Waals surface area contributed by atoms with E-state index in [4.69, 9.17) is 27.7 Å². The highest BCUT2D eigenvalue weighted by Crippen LogP contribution is 2.17. The molecule has 0 aliphatic rings. The molecule has 0 radical (unpaired) electrons. The first-order chi connectivity index (χ1) is 9.85. The number of rotatable bonds is 2. The molecule has 0 atom stereocenters. The zero-order valence-corrected chi connectivity index (χ0v) is 11.0. The fraction of sp³-hybridized carbons (Fsp3) is 0. The van der Waals surface area contributed by atoms with Crippen molar-refractivity contribution in [1.82, 2.24) is 0 Å². The van der Waals surface area contributed by atoms with E-state index in [0.29, 0.717) is 22.7 Å². The minimum absolute atomic E-state index is 0.0812. The number of hydrogen-bond acceptors (Lipinski definition) is 7. The summed E-state index contributed by atoms with van der Waals surface area (Å²) in [6.07, 6.45) is 0. The van der Waals surface area contributed by atoms with Crippen molar-refractivity contribution in [3.05, 3.63) is 47.5 Å². The van der Waals surface area contributed by atoms with E-state index in [9.17, 15) is 9.59 Å². The van der Waals surface area contributed by atoms with Crippen LogP contribution >= 0.6 is 0 Å². The van der Waals surface area contributed by atoms with Gasteiger partial charge < -0.3 is 27.7 Å². The lowest BCUT2D eigenvalue weighted by molar-refractivity contribution is 0.0398. The van der Waals surface area contributed by atoms with Gasteiger partial charge in [0, 0.05) is 22.7 Å². The smallest absolute Gasteiger partial charge is 0.346 e. The summed E-state index contributed by atoms with van der Waals surface area (Å²) in [5.74, 6) is -1.72. The maximum Gasteiger partial charge on any atom is 0.346 e. The molecule has 0 heterocycles. The van der Waals surface area contributed by atoms with Crippen LogP contribution in [-0.2, 0) is 4.74 Å². The molecule has 0 aliphatic carbocycles. The van der Waals surface area contributed by atoms with Crippen molar-refractivity contribution in [3.63, 3.8) is 0 Å². The number of esters is 2. The van der Waals surface area contributed by atoms with Gasteiger partial charge >= 0.3 is 11.9 Å². The summed E-state index contributed by atoms with van der Waals surface area (Å²) in [4.78, 5) is 23.8. The third-order valence-electron chi connectivity index (χ3n) is 2.61. The third-order valence-corrected chi connectivity index (χ3v) is 2.61. The Kier molecular flexibility index (Phi) is 3.66. The molecule has 0 aliphatic heterocycles. The van der Waals surface area contributed by atoms with Gasteiger partial charge in [-0.15, -0.1) is 0 Å². The molecule has 0 spiro atoms. The Balaban J connectivity index is 2.20. The van der Waals surface area contributed by atoms with Crippen LogP contribution in [0, 0.1) is 0 Å². The van der Waals surface area contributed by atoms with E-state index in [1.165, 1.54) is 36.4 Å². The van der Waals surface area contributed by atoms with Crippen LogP contribution in [-0.4, -0.2) is 11.9 Å². The van der Waals surface area contributed by atoms with Gasteiger partial charge in [0.25, 0.3) is 0 Å². The number of carbonyl (C=O) groups is 2. The first kappa shape index (κ1) is 14.2. The summed E-state index contributed by atoms with van der Waals surface area (Å²) < 4.78 is 4.74. The first-order valence-electron chi connectivity index (χ1n) is 5.94. The summed E-state index contributed by atoms with van der Waals surface area (Å²) in [5.41, 5.74) is 23.6. The highest BCUT2D eigenvalue weighted by atomic mass is 16.6. The Bertz CT molecular complexity index is 626. The van der Waals surface area contributed by atoms with E-state index >= 15 is 0 Å². The summed E-state index contributed by atoms with van der Waals surface area (Å²) in [5, 5.41) is 0. The summed E-state index contributed by atoms with van der Waals surface area (Å²) in [6, 6.07) is 8.41. The van der Waals surface area contributed by atoms with Gasteiger partial charge in [0.05, 0.1) is 11.1 Å². The second-order valence-electron chi connectivity index (χ2n) is 4.45. The topological polar surface area (TPSA) is 147 Å². The van der Waals surface area contributed by atoms with Crippen LogP contribution in [0.5, 0.6) is 0 Å². The molecule has 2 rings (SSSR count). The van der Waals surface area contributed by atoms with Crippen LogP contribution in [0.2, 0.25) is 0 Å². The maximum atomic E-state index is 11.9. The molecule has 0 saturated carbocycles. The number of hydrogen-bond donors (Lipinski definition) is 4. The zero-order valence-electron chi connectivity index (χ0n) is 11.0. The molecule has 0 amide bonds. The standard InChI is InChI=1S/C14H14N4O3/c15-9-1-7(2-10(16)5-9)13(19)21-14(20)8-3-11(17)6-12(18)4-8/h1-6H,15-18H2. The van der Waals surface area contributed by atoms with Gasteiger partial charge in [-0.05, 0) is 36.4 Å². The lowest BCUT2D eigenvalue weighted by Crippen LogP contribution is -2.14. The minimum Gasteiger partial charge on any atom is -0.399 e. The predicted molar refractivity (Wildman–Crippen MR) is 80.3 cm³/mol. The highest BCUT2D eigenvalue weighted by Gasteiger charge is 2.16. The summed E-state index contributed by atoms with van der Waals surface area (Å²) >= 11 is 0. The van der Waals surface area contributed by atoms with E-state index in [1.807, 2.05) is 0 Å². The molecule has 0 fully saturated rings. The Morgan fingerprint density at radius 2 is 0.905 bits per heavy atom. The second-order valence-corrected chi connectivity index (χ2v) is 4.45. The zero-order chi connectivity index (χ0) is 15.6. The monoisotopic (exact) mass is 286 g/mol. The van der Waals surface area contributed by atoms with E-state index in [0.717, 1.165) is 0 Å². The quantitative estimate of drug-likeness (QED) is 0.366. The van der Waals surface area contributed by atoms with Crippen molar-refractivity contribution in [2.45, 2.75) is 0 Å². The lowest BCUT2D eigenvalue weighted by Gasteiger charge is -2.06. The SMILES string of the molecule is Nc1cc(N)cc(C(=O)OC(=O)c2cc(N)cc(N)c2)c1. The molecular formula is C14H14N4O3. The largest absolute Gasteiger partial charge is 0.399 e. The summed E-state index contributed by atoms with van der Waals surface area (Å²) in [6.45, 7) is 0. The molecule has 7 nitrogen and oxygen atoms in total. The third kappa shape index (κ3) is 3.41. The average molecular weight is 286 g/mol. The molecule has 0 saturated heterocycles. The van der Waals surface area contributed by atoms with Crippen molar-refractivity contribution >= 4 is 34.7 Å². The van der Waals surface area contributed by atoms with Crippen LogP contribution in [0.25, 0.3) is 0 Å². The Morgan fingerprint density at radius 3 is 1.19 bits per heavy atom. The van der Waals surface area contributed by atoms with Crippen molar-refractivity contribution in [2.75, 3.05) is 22.9 Å². The van der Waals surface area contributed by atoms with E-state index in [2.05, 4.69) is 0 Å². The number of benzene rings is 2. The van der Waals surface area contributed by atoms with Gasteiger partial charge in [0.15, 0.2) is 0 Å². The molecule has 0 unspecified atom stereocenters. The van der Waals surface area contributed by atoms with Gasteiger partial charge in [0.1, 0.15) is 0 Å². The maximum absolute atomic E-state index is 11.9. The van der Waals surface area contributed by atoms with Gasteiger partial charge in [-0.3, -0.25) is 0 Å². The van der Waals surface area contributed by atoms with Crippen LogP contribution in [0.4, 0.5) is 22.7 Å². The van der Waals surface area contributed by atoms with Gasteiger partial charge in [-0.2, -0.15) is 0 Å². The molecule has 0 bridgehead atoms. The molecule has 0 aromatic heterocycles. The van der Waals surface area contributed by atoms with E-state index < -0.39 is 11.9 Å². The predicted octanol–water partition coefficient (Wildman–Crippen LogP) is 1.01. The van der Waals surface area contributed by atoms with Gasteiger partial charge in [-0.25, -0.2) is 9.59 Å². The fourth-order valence-corrected chi connectivity index (χ4v) is 1.79. The first-order valence-corrected chi connectivity index (χ1v) is 5.94. The number of ether oxygens (including phenoxy) is 1. The van der Waals surface area contributed by atoms with Crippen molar-refractivity contribution in [3.8, 4) is 0 Å². The molecule has 8 N–H and O–H groups in total. The molecule has 108 valence electrons. The van der Waals surface area contributed by atoms with Crippen LogP contribution < -0.4 is 22.9 Å². The Labute approximate surface area is 120 Å². The highest BCUT2D eigenvalue weighted by molar-refractivity contribution is 6.04. The molecule has 2 aromatic carbocycles. The lowest BCUT2D eigenvalue weighted by atomic mass is 10.1.